The molecule has 0 fully saturated rings. The van der Waals surface area contributed by atoms with Gasteiger partial charge in [-0.05, 0) is 17.3 Å². The van der Waals surface area contributed by atoms with Crippen molar-refractivity contribution in [3.05, 3.63) is 40.0 Å². The van der Waals surface area contributed by atoms with Gasteiger partial charge in [0.05, 0.1) is 17.2 Å². The van der Waals surface area contributed by atoms with E-state index in [1.807, 2.05) is 0 Å². The number of anilines is 1. The van der Waals surface area contributed by atoms with Crippen molar-refractivity contribution >= 4 is 35.0 Å². The van der Waals surface area contributed by atoms with Crippen molar-refractivity contribution < 1.29 is 44.3 Å². The van der Waals surface area contributed by atoms with E-state index in [9.17, 15) is 9.90 Å². The Morgan fingerprint density at radius 3 is 2.65 bits per heavy atom. The summed E-state index contributed by atoms with van der Waals surface area (Å²) in [5, 5.41) is 21.4. The molecule has 2 rings (SSSR count). The van der Waals surface area contributed by atoms with E-state index in [1.165, 1.54) is 24.4 Å². The van der Waals surface area contributed by atoms with Crippen LogP contribution in [0.4, 0.5) is 5.82 Å². The summed E-state index contributed by atoms with van der Waals surface area (Å²) in [4.78, 5) is 16.0. The van der Waals surface area contributed by atoms with E-state index in [1.54, 1.807) is 0 Å². The fraction of sp³-hybridized carbons (Fsp3) is 0. The second-order valence-electron chi connectivity index (χ2n) is 3.24. The molecule has 0 unspecified atom stereocenters. The zero-order chi connectivity index (χ0) is 13.8. The molecule has 1 aromatic heterocycles. The maximum absolute atomic E-state index is 10.9. The molecule has 10 heteroatoms. The van der Waals surface area contributed by atoms with Crippen LogP contribution in [0.25, 0.3) is 0 Å². The molecule has 1 aromatic carbocycles. The second-order valence-corrected chi connectivity index (χ2v) is 4.02. The molecule has 0 saturated heterocycles. The molecular weight excluding hydrogens is 318 g/mol. The fourth-order valence-electron chi connectivity index (χ4n) is 1.19. The molecule has 0 atom stereocenters. The van der Waals surface area contributed by atoms with Gasteiger partial charge >= 0.3 is 29.6 Å². The zero-order valence-corrected chi connectivity index (χ0v) is 13.6. The van der Waals surface area contributed by atoms with Crippen molar-refractivity contribution in [1.82, 2.24) is 15.4 Å². The van der Waals surface area contributed by atoms with E-state index < -0.39 is 5.97 Å². The molecule has 98 valence electrons. The average molecular weight is 323 g/mol. The number of aromatic carboxylic acids is 1. The molecule has 0 bridgehead atoms. The molecule has 7 nitrogen and oxygen atoms in total. The largest absolute Gasteiger partial charge is 1.00 e. The van der Waals surface area contributed by atoms with Crippen molar-refractivity contribution in [3.8, 4) is 5.75 Å². The minimum absolute atomic E-state index is 0. The van der Waals surface area contributed by atoms with E-state index in [0.717, 1.165) is 0 Å². The van der Waals surface area contributed by atoms with Crippen LogP contribution in [-0.2, 0) is 0 Å². The molecule has 0 aliphatic carbocycles. The van der Waals surface area contributed by atoms with Crippen LogP contribution >= 0.6 is 23.2 Å². The Labute approximate surface area is 145 Å². The smallest absolute Gasteiger partial charge is 0.545 e. The first-order valence-electron chi connectivity index (χ1n) is 4.86. The van der Waals surface area contributed by atoms with E-state index >= 15 is 0 Å². The van der Waals surface area contributed by atoms with Crippen LogP contribution in [0.15, 0.2) is 24.4 Å². The molecule has 0 saturated carbocycles. The van der Waals surface area contributed by atoms with Crippen LogP contribution in [0.5, 0.6) is 5.75 Å². The van der Waals surface area contributed by atoms with Gasteiger partial charge in [-0.25, -0.2) is 5.48 Å². The number of hydrogen-bond donors (Lipinski definition) is 1. The van der Waals surface area contributed by atoms with Crippen LogP contribution in [-0.4, -0.2) is 21.4 Å². The summed E-state index contributed by atoms with van der Waals surface area (Å²) < 4.78 is 0. The molecule has 1 N–H and O–H groups in total. The molecule has 0 amide bonds. The number of nitrogens with zero attached hydrogens (tertiary/aromatic N) is 3. The zero-order valence-electron chi connectivity index (χ0n) is 10.1. The van der Waals surface area contributed by atoms with Crippen molar-refractivity contribution in [2.75, 3.05) is 5.48 Å². The second kappa shape index (κ2) is 7.61. The third kappa shape index (κ3) is 3.94. The van der Waals surface area contributed by atoms with Crippen molar-refractivity contribution in [1.29, 1.82) is 0 Å². The van der Waals surface area contributed by atoms with Gasteiger partial charge in [-0.3, -0.25) is 0 Å². The number of nitrogens with one attached hydrogen (secondary N) is 1. The Bertz CT molecular complexity index is 615. The van der Waals surface area contributed by atoms with Gasteiger partial charge < -0.3 is 14.7 Å². The minimum atomic E-state index is -1.45. The molecule has 0 spiro atoms. The Hall–Kier alpha value is -1.12. The van der Waals surface area contributed by atoms with E-state index in [2.05, 4.69) is 20.9 Å². The van der Waals surface area contributed by atoms with Crippen LogP contribution in [0.2, 0.25) is 10.0 Å². The summed E-state index contributed by atoms with van der Waals surface area (Å²) in [6.07, 6.45) is 1.37. The molecule has 0 aliphatic rings. The summed E-state index contributed by atoms with van der Waals surface area (Å²) in [7, 11) is 0. The number of benzene rings is 1. The van der Waals surface area contributed by atoms with Gasteiger partial charge in [-0.15, -0.1) is 10.2 Å². The Kier molecular flexibility index (Phi) is 6.44. The molecule has 0 radical (unpaired) electrons. The number of carbonyl (C=O) groups excluding carboxylic acids is 1. The normalized spacial score (nSPS) is 9.50. The van der Waals surface area contributed by atoms with Gasteiger partial charge in [0.1, 0.15) is 5.02 Å². The first-order valence-corrected chi connectivity index (χ1v) is 5.61. The van der Waals surface area contributed by atoms with Gasteiger partial charge in [-0.2, -0.15) is 0 Å². The first kappa shape index (κ1) is 16.9. The number of carboxylic acids is 1. The topological polar surface area (TPSA) is 100 Å². The predicted octanol–water partition coefficient (Wildman–Crippen LogP) is -2.05. The fourth-order valence-corrected chi connectivity index (χ4v) is 1.54. The molecule has 0 aliphatic heterocycles. The third-order valence-electron chi connectivity index (χ3n) is 2.03. The van der Waals surface area contributed by atoms with Gasteiger partial charge in [0.25, 0.3) is 0 Å². The summed E-state index contributed by atoms with van der Waals surface area (Å²) in [6.45, 7) is 0. The standard InChI is InChI=1S/C10H6Cl2N4O3.Na/c11-6-2-1-5(10(17)18)9(8(6)12)19-15-7-3-4-13-16-14-7;/h1-4H,(H,17,18)(H,13,14,15);/q;+1/p-1. The minimum Gasteiger partial charge on any atom is -0.545 e. The maximum atomic E-state index is 10.9. The van der Waals surface area contributed by atoms with Crippen LogP contribution in [0, 0.1) is 0 Å². The number of carboxylic acid groups (broad SMARTS) is 1. The van der Waals surface area contributed by atoms with Gasteiger partial charge in [0, 0.05) is 11.6 Å². The Morgan fingerprint density at radius 2 is 2.05 bits per heavy atom. The number of carbonyl (C=O) groups is 1. The van der Waals surface area contributed by atoms with E-state index in [4.69, 9.17) is 28.0 Å². The SMILES string of the molecule is O=C([O-])c1ccc(Cl)c(Cl)c1ONc1ccnnn1.[Na+]. The van der Waals surface area contributed by atoms with Gasteiger partial charge in [-0.1, -0.05) is 23.2 Å². The number of aromatic nitrogens is 3. The van der Waals surface area contributed by atoms with Crippen molar-refractivity contribution in [2.45, 2.75) is 0 Å². The maximum Gasteiger partial charge on any atom is 1.00 e. The van der Waals surface area contributed by atoms with E-state index in [0.29, 0.717) is 0 Å². The molecule has 2 aromatic rings. The summed E-state index contributed by atoms with van der Waals surface area (Å²) in [5.74, 6) is -1.40. The third-order valence-corrected chi connectivity index (χ3v) is 2.82. The molecule has 20 heavy (non-hydrogen) atoms. The van der Waals surface area contributed by atoms with Crippen LogP contribution in [0.3, 0.4) is 0 Å². The van der Waals surface area contributed by atoms with Crippen LogP contribution in [0.1, 0.15) is 10.4 Å². The van der Waals surface area contributed by atoms with Crippen LogP contribution < -0.4 is 45.0 Å². The van der Waals surface area contributed by atoms with E-state index in [-0.39, 0.29) is 56.7 Å². The summed E-state index contributed by atoms with van der Waals surface area (Å²) >= 11 is 11.7. The Balaban J connectivity index is 0.00000200. The molecule has 1 heterocycles. The van der Waals surface area contributed by atoms with Crippen molar-refractivity contribution in [2.24, 2.45) is 0 Å². The van der Waals surface area contributed by atoms with Crippen molar-refractivity contribution in [3.63, 3.8) is 0 Å². The predicted molar refractivity (Wildman–Crippen MR) is 64.9 cm³/mol. The quantitative estimate of drug-likeness (QED) is 0.511. The average Bonchev–Trinajstić information content (AvgIpc) is 2.41. The monoisotopic (exact) mass is 322 g/mol. The Morgan fingerprint density at radius 1 is 1.30 bits per heavy atom. The van der Waals surface area contributed by atoms with Gasteiger partial charge in [0.15, 0.2) is 11.6 Å². The number of hydrogen-bond acceptors (Lipinski definition) is 7. The summed E-state index contributed by atoms with van der Waals surface area (Å²) in [6, 6.07) is 4.01. The van der Waals surface area contributed by atoms with Gasteiger partial charge in [0.2, 0.25) is 0 Å². The summed E-state index contributed by atoms with van der Waals surface area (Å²) in [5.41, 5.74) is 2.13. The first-order chi connectivity index (χ1) is 9.09. The number of halogens is 2. The number of rotatable bonds is 4. The molecular formula is C10H5Cl2N4NaO3.